The van der Waals surface area contributed by atoms with Gasteiger partial charge in [0.1, 0.15) is 0 Å². The van der Waals surface area contributed by atoms with Gasteiger partial charge in [0, 0.05) is 24.2 Å². The quantitative estimate of drug-likeness (QED) is 0.776. The Kier molecular flexibility index (Phi) is 3.57. The van der Waals surface area contributed by atoms with Crippen molar-refractivity contribution in [2.45, 2.75) is 19.3 Å². The summed E-state index contributed by atoms with van der Waals surface area (Å²) in [7, 11) is 0. The lowest BCUT2D eigenvalue weighted by molar-refractivity contribution is -0.138. The fourth-order valence-electron chi connectivity index (χ4n) is 2.01. The Bertz CT molecular complexity index is 494. The Morgan fingerprint density at radius 1 is 1.26 bits per heavy atom. The van der Waals surface area contributed by atoms with E-state index in [2.05, 4.69) is 5.32 Å². The van der Waals surface area contributed by atoms with Crippen molar-refractivity contribution in [1.82, 2.24) is 5.32 Å². The summed E-state index contributed by atoms with van der Waals surface area (Å²) in [6.07, 6.45) is 0. The third-order valence-corrected chi connectivity index (χ3v) is 3.42. The molecule has 5 nitrogen and oxygen atoms in total. The molecule has 102 valence electrons. The number of aliphatic hydroxyl groups excluding tert-OH is 1. The minimum atomic E-state index is -0.564. The average Bonchev–Trinajstić information content (AvgIpc) is 2.42. The second kappa shape index (κ2) is 5.01. The van der Waals surface area contributed by atoms with Crippen LogP contribution in [0.15, 0.2) is 24.3 Å². The number of nitrogens with zero attached hydrogens (tertiary/aromatic N) is 1. The number of nitrogens with one attached hydrogen (secondary N) is 1. The first-order valence-corrected chi connectivity index (χ1v) is 6.27. The molecule has 2 rings (SSSR count). The lowest BCUT2D eigenvalue weighted by Crippen LogP contribution is -2.52. The van der Waals surface area contributed by atoms with E-state index in [1.165, 1.54) is 4.90 Å². The molecule has 2 N–H and O–H groups in total. The average molecular weight is 262 g/mol. The molecule has 19 heavy (non-hydrogen) atoms. The number of anilines is 1. The van der Waals surface area contributed by atoms with Gasteiger partial charge < -0.3 is 15.3 Å². The van der Waals surface area contributed by atoms with Gasteiger partial charge in [-0.3, -0.25) is 9.59 Å². The van der Waals surface area contributed by atoms with Gasteiger partial charge >= 0.3 is 11.8 Å². The molecule has 5 heteroatoms. The van der Waals surface area contributed by atoms with Crippen molar-refractivity contribution in [2.24, 2.45) is 0 Å². The van der Waals surface area contributed by atoms with E-state index in [-0.39, 0.29) is 12.0 Å². The van der Waals surface area contributed by atoms with Crippen molar-refractivity contribution in [3.05, 3.63) is 29.8 Å². The highest BCUT2D eigenvalue weighted by atomic mass is 16.3. The molecule has 1 heterocycles. The molecule has 0 bridgehead atoms. The summed E-state index contributed by atoms with van der Waals surface area (Å²) in [4.78, 5) is 24.5. The third-order valence-electron chi connectivity index (χ3n) is 3.42. The number of rotatable bonds is 3. The van der Waals surface area contributed by atoms with Crippen LogP contribution in [0.3, 0.4) is 0 Å². The fraction of sp³-hybridized carbons (Fsp3) is 0.429. The van der Waals surface area contributed by atoms with E-state index >= 15 is 0 Å². The van der Waals surface area contributed by atoms with Crippen molar-refractivity contribution in [3.8, 4) is 0 Å². The van der Waals surface area contributed by atoms with Crippen molar-refractivity contribution in [2.75, 3.05) is 24.6 Å². The summed E-state index contributed by atoms with van der Waals surface area (Å²) >= 11 is 0. The minimum absolute atomic E-state index is 0.0530. The van der Waals surface area contributed by atoms with Crippen LogP contribution in [-0.2, 0) is 15.0 Å². The molecule has 0 aromatic heterocycles. The highest BCUT2D eigenvalue weighted by Crippen LogP contribution is 2.25. The highest BCUT2D eigenvalue weighted by molar-refractivity contribution is 6.41. The monoisotopic (exact) mass is 262 g/mol. The molecule has 1 aromatic carbocycles. The number of amides is 2. The SMILES string of the molecule is CC(C)(CO)c1ccc(N2CCNC(=O)C2=O)cc1. The Balaban J connectivity index is 2.23. The molecule has 1 fully saturated rings. The summed E-state index contributed by atoms with van der Waals surface area (Å²) in [5.41, 5.74) is 1.38. The number of carbonyl (C=O) groups excluding carboxylic acids is 2. The fourth-order valence-corrected chi connectivity index (χ4v) is 2.01. The maximum Gasteiger partial charge on any atom is 0.316 e. The molecule has 0 saturated carbocycles. The van der Waals surface area contributed by atoms with Gasteiger partial charge in [-0.15, -0.1) is 0 Å². The standard InChI is InChI=1S/C14H18N2O3/c1-14(2,9-17)10-3-5-11(6-4-10)16-8-7-15-12(18)13(16)19/h3-6,17H,7-9H2,1-2H3,(H,15,18). The smallest absolute Gasteiger partial charge is 0.316 e. The number of hydrogen-bond acceptors (Lipinski definition) is 3. The van der Waals surface area contributed by atoms with Crippen molar-refractivity contribution >= 4 is 17.5 Å². The van der Waals surface area contributed by atoms with E-state index in [4.69, 9.17) is 0 Å². The Labute approximate surface area is 112 Å². The summed E-state index contributed by atoms with van der Waals surface area (Å²) in [6, 6.07) is 7.38. The molecule has 0 spiro atoms. The van der Waals surface area contributed by atoms with Crippen LogP contribution >= 0.6 is 0 Å². The molecule has 0 aliphatic carbocycles. The van der Waals surface area contributed by atoms with Gasteiger partial charge in [0.2, 0.25) is 0 Å². The molecule has 1 aromatic rings. The molecule has 0 radical (unpaired) electrons. The van der Waals surface area contributed by atoms with Gasteiger partial charge in [-0.05, 0) is 17.7 Å². The van der Waals surface area contributed by atoms with E-state index in [0.29, 0.717) is 18.8 Å². The first kappa shape index (κ1) is 13.5. The molecule has 1 saturated heterocycles. The van der Waals surface area contributed by atoms with Crippen LogP contribution in [0.4, 0.5) is 5.69 Å². The molecular weight excluding hydrogens is 244 g/mol. The van der Waals surface area contributed by atoms with Gasteiger partial charge in [0.05, 0.1) is 6.61 Å². The molecule has 0 atom stereocenters. The molecular formula is C14H18N2O3. The van der Waals surface area contributed by atoms with Gasteiger partial charge in [0.15, 0.2) is 0 Å². The zero-order valence-corrected chi connectivity index (χ0v) is 11.1. The number of benzene rings is 1. The van der Waals surface area contributed by atoms with Crippen LogP contribution in [0.1, 0.15) is 19.4 Å². The summed E-state index contributed by atoms with van der Waals surface area (Å²) in [6.45, 7) is 4.89. The summed E-state index contributed by atoms with van der Waals surface area (Å²) in [5, 5.41) is 11.8. The lowest BCUT2D eigenvalue weighted by Gasteiger charge is -2.28. The van der Waals surface area contributed by atoms with Crippen LogP contribution < -0.4 is 10.2 Å². The normalized spacial score (nSPS) is 16.5. The van der Waals surface area contributed by atoms with Gasteiger partial charge in [-0.2, -0.15) is 0 Å². The topological polar surface area (TPSA) is 69.6 Å². The largest absolute Gasteiger partial charge is 0.395 e. The summed E-state index contributed by atoms with van der Waals surface area (Å²) < 4.78 is 0. The van der Waals surface area contributed by atoms with Crippen LogP contribution in [0.25, 0.3) is 0 Å². The Morgan fingerprint density at radius 2 is 1.89 bits per heavy atom. The Hall–Kier alpha value is -1.88. The van der Waals surface area contributed by atoms with Crippen molar-refractivity contribution in [3.63, 3.8) is 0 Å². The molecule has 1 aliphatic rings. The second-order valence-electron chi connectivity index (χ2n) is 5.30. The second-order valence-corrected chi connectivity index (χ2v) is 5.30. The van der Waals surface area contributed by atoms with E-state index in [9.17, 15) is 14.7 Å². The first-order chi connectivity index (χ1) is 8.95. The van der Waals surface area contributed by atoms with Crippen LogP contribution in [-0.4, -0.2) is 36.6 Å². The van der Waals surface area contributed by atoms with Crippen LogP contribution in [0, 0.1) is 0 Å². The zero-order valence-electron chi connectivity index (χ0n) is 11.1. The highest BCUT2D eigenvalue weighted by Gasteiger charge is 2.27. The number of aliphatic hydroxyl groups is 1. The maximum absolute atomic E-state index is 11.7. The van der Waals surface area contributed by atoms with Crippen molar-refractivity contribution in [1.29, 1.82) is 0 Å². The van der Waals surface area contributed by atoms with E-state index < -0.39 is 11.8 Å². The minimum Gasteiger partial charge on any atom is -0.395 e. The van der Waals surface area contributed by atoms with Gasteiger partial charge in [-0.1, -0.05) is 26.0 Å². The lowest BCUT2D eigenvalue weighted by atomic mass is 9.85. The predicted molar refractivity (Wildman–Crippen MR) is 71.9 cm³/mol. The number of hydrogen-bond donors (Lipinski definition) is 2. The van der Waals surface area contributed by atoms with Crippen LogP contribution in [0.5, 0.6) is 0 Å². The van der Waals surface area contributed by atoms with Gasteiger partial charge in [-0.25, -0.2) is 0 Å². The first-order valence-electron chi connectivity index (χ1n) is 6.27. The van der Waals surface area contributed by atoms with Gasteiger partial charge in [0.25, 0.3) is 0 Å². The molecule has 1 aliphatic heterocycles. The number of piperazine rings is 1. The molecule has 0 unspecified atom stereocenters. The van der Waals surface area contributed by atoms with Crippen molar-refractivity contribution < 1.29 is 14.7 Å². The molecule has 2 amide bonds. The predicted octanol–water partition coefficient (Wildman–Crippen LogP) is 0.419. The van der Waals surface area contributed by atoms with E-state index in [1.54, 1.807) is 0 Å². The maximum atomic E-state index is 11.7. The number of carbonyl (C=O) groups is 2. The Morgan fingerprint density at radius 3 is 2.47 bits per heavy atom. The van der Waals surface area contributed by atoms with E-state index in [1.807, 2.05) is 38.1 Å². The van der Waals surface area contributed by atoms with E-state index in [0.717, 1.165) is 5.56 Å². The zero-order chi connectivity index (χ0) is 14.0. The van der Waals surface area contributed by atoms with Crippen LogP contribution in [0.2, 0.25) is 0 Å². The third kappa shape index (κ3) is 2.61. The summed E-state index contributed by atoms with van der Waals surface area (Å²) in [5.74, 6) is -1.09.